The number of halogens is 2. The normalized spacial score (nSPS) is 21.6. The lowest BCUT2D eigenvalue weighted by Gasteiger charge is -2.23. The smallest absolute Gasteiger partial charge is 0.303 e. The summed E-state index contributed by atoms with van der Waals surface area (Å²) in [4.78, 5) is 22.4. The fourth-order valence-corrected chi connectivity index (χ4v) is 3.27. The number of aliphatic carboxylic acids is 1. The lowest BCUT2D eigenvalue weighted by atomic mass is 9.86. The molecular formula is C20H30F2O4. The van der Waals surface area contributed by atoms with E-state index >= 15 is 0 Å². The summed E-state index contributed by atoms with van der Waals surface area (Å²) in [7, 11) is 0. The molecular weight excluding hydrogens is 342 g/mol. The zero-order chi connectivity index (χ0) is 19.6. The molecule has 0 saturated heterocycles. The van der Waals surface area contributed by atoms with E-state index in [1.165, 1.54) is 0 Å². The molecule has 1 rings (SSSR count). The zero-order valence-corrected chi connectivity index (χ0v) is 15.4. The van der Waals surface area contributed by atoms with Gasteiger partial charge in [-0.05, 0) is 44.1 Å². The quantitative estimate of drug-likeness (QED) is 0.368. The molecule has 26 heavy (non-hydrogen) atoms. The molecule has 3 atom stereocenters. The second-order valence-corrected chi connectivity index (χ2v) is 6.98. The number of carbonyl (C=O) groups is 2. The maximum Gasteiger partial charge on any atom is 0.303 e. The van der Waals surface area contributed by atoms with Crippen LogP contribution in [-0.4, -0.2) is 34.0 Å². The number of aliphatic hydroxyl groups is 1. The highest BCUT2D eigenvalue weighted by Gasteiger charge is 2.37. The molecule has 6 heteroatoms. The van der Waals surface area contributed by atoms with Crippen LogP contribution in [0.5, 0.6) is 0 Å². The predicted molar refractivity (Wildman–Crippen MR) is 96.1 cm³/mol. The molecule has 0 radical (unpaired) electrons. The van der Waals surface area contributed by atoms with Crippen molar-refractivity contribution in [2.75, 3.05) is 0 Å². The first-order valence-corrected chi connectivity index (χ1v) is 9.42. The topological polar surface area (TPSA) is 74.6 Å². The molecule has 1 unspecified atom stereocenters. The first kappa shape index (κ1) is 22.5. The van der Waals surface area contributed by atoms with E-state index in [1.54, 1.807) is 13.0 Å². The lowest BCUT2D eigenvalue weighted by Crippen LogP contribution is -2.33. The van der Waals surface area contributed by atoms with Gasteiger partial charge in [-0.1, -0.05) is 38.0 Å². The van der Waals surface area contributed by atoms with Crippen molar-refractivity contribution >= 4 is 11.8 Å². The molecule has 0 saturated carbocycles. The van der Waals surface area contributed by atoms with Crippen LogP contribution in [0.4, 0.5) is 8.78 Å². The number of unbranched alkanes of at least 4 members (excludes halogenated alkanes) is 1. The summed E-state index contributed by atoms with van der Waals surface area (Å²) in [5.41, 5.74) is 0. The van der Waals surface area contributed by atoms with E-state index < -0.39 is 18.0 Å². The van der Waals surface area contributed by atoms with Crippen LogP contribution >= 0.6 is 0 Å². The zero-order valence-electron chi connectivity index (χ0n) is 15.4. The maximum absolute atomic E-state index is 13.6. The number of allylic oxidation sites excluding steroid dienone is 4. The minimum Gasteiger partial charge on any atom is -0.481 e. The highest BCUT2D eigenvalue weighted by Crippen LogP contribution is 2.32. The van der Waals surface area contributed by atoms with Crippen LogP contribution in [0.1, 0.15) is 64.7 Å². The summed E-state index contributed by atoms with van der Waals surface area (Å²) >= 11 is 0. The third kappa shape index (κ3) is 7.77. The molecule has 0 heterocycles. The molecule has 0 aromatic carbocycles. The van der Waals surface area contributed by atoms with Gasteiger partial charge in [0.05, 0.1) is 0 Å². The first-order chi connectivity index (χ1) is 12.3. The fraction of sp³-hybridized carbons (Fsp3) is 0.700. The lowest BCUT2D eigenvalue weighted by molar-refractivity contribution is -0.137. The first-order valence-electron chi connectivity index (χ1n) is 9.42. The van der Waals surface area contributed by atoms with E-state index in [1.807, 2.05) is 18.2 Å². The molecule has 0 aromatic heterocycles. The van der Waals surface area contributed by atoms with Gasteiger partial charge >= 0.3 is 5.97 Å². The van der Waals surface area contributed by atoms with E-state index in [0.29, 0.717) is 38.5 Å². The van der Waals surface area contributed by atoms with Crippen molar-refractivity contribution < 1.29 is 28.6 Å². The van der Waals surface area contributed by atoms with Crippen molar-refractivity contribution in [3.8, 4) is 0 Å². The number of hydrogen-bond donors (Lipinski definition) is 2. The van der Waals surface area contributed by atoms with Crippen LogP contribution in [0.15, 0.2) is 24.3 Å². The number of aliphatic hydroxyl groups excluding tert-OH is 1. The molecule has 0 aromatic rings. The SMILES string of the molecule is CCCC(F)(F)C(O)CCC[C@@H]1C=CC(=O)[C@@H]1C/C=C\CCCC(=O)O. The van der Waals surface area contributed by atoms with Crippen molar-refractivity contribution in [3.05, 3.63) is 24.3 Å². The number of carboxylic acid groups (broad SMARTS) is 1. The highest BCUT2D eigenvalue weighted by atomic mass is 19.3. The van der Waals surface area contributed by atoms with E-state index in [9.17, 15) is 23.5 Å². The Morgan fingerprint density at radius 1 is 1.35 bits per heavy atom. The molecule has 148 valence electrons. The van der Waals surface area contributed by atoms with E-state index in [0.717, 1.165) is 0 Å². The van der Waals surface area contributed by atoms with Crippen LogP contribution < -0.4 is 0 Å². The van der Waals surface area contributed by atoms with Crippen LogP contribution in [-0.2, 0) is 9.59 Å². The maximum atomic E-state index is 13.6. The summed E-state index contributed by atoms with van der Waals surface area (Å²) in [6.45, 7) is 1.66. The van der Waals surface area contributed by atoms with Gasteiger partial charge in [-0.2, -0.15) is 0 Å². The fourth-order valence-electron chi connectivity index (χ4n) is 3.27. The summed E-state index contributed by atoms with van der Waals surface area (Å²) in [6, 6.07) is 0. The summed E-state index contributed by atoms with van der Waals surface area (Å²) < 4.78 is 27.2. The Bertz CT molecular complexity index is 514. The van der Waals surface area contributed by atoms with Gasteiger partial charge in [-0.3, -0.25) is 9.59 Å². The number of ketones is 1. The van der Waals surface area contributed by atoms with E-state index in [-0.39, 0.29) is 36.9 Å². The van der Waals surface area contributed by atoms with Crippen molar-refractivity contribution in [1.82, 2.24) is 0 Å². The third-order valence-corrected chi connectivity index (χ3v) is 4.79. The second kappa shape index (κ2) is 11.2. The molecule has 2 N–H and O–H groups in total. The Balaban J connectivity index is 2.36. The monoisotopic (exact) mass is 372 g/mol. The molecule has 0 aliphatic heterocycles. The van der Waals surface area contributed by atoms with Gasteiger partial charge in [-0.25, -0.2) is 8.78 Å². The molecule has 1 aliphatic carbocycles. The average molecular weight is 372 g/mol. The van der Waals surface area contributed by atoms with Gasteiger partial charge in [0.2, 0.25) is 0 Å². The van der Waals surface area contributed by atoms with Crippen molar-refractivity contribution in [1.29, 1.82) is 0 Å². The van der Waals surface area contributed by atoms with Crippen molar-refractivity contribution in [3.63, 3.8) is 0 Å². The van der Waals surface area contributed by atoms with Gasteiger partial charge in [0.1, 0.15) is 6.10 Å². The third-order valence-electron chi connectivity index (χ3n) is 4.79. The van der Waals surface area contributed by atoms with Crippen molar-refractivity contribution in [2.24, 2.45) is 11.8 Å². The van der Waals surface area contributed by atoms with Crippen LogP contribution in [0.3, 0.4) is 0 Å². The van der Waals surface area contributed by atoms with Crippen LogP contribution in [0.2, 0.25) is 0 Å². The van der Waals surface area contributed by atoms with E-state index in [4.69, 9.17) is 5.11 Å². The molecule has 0 spiro atoms. The molecule has 1 aliphatic rings. The standard InChI is InChI=1S/C20H30F2O4/c1-2-14-20(21,22)18(24)10-7-8-15-12-13-17(23)16(15)9-5-3-4-6-11-19(25)26/h3,5,12-13,15-16,18,24H,2,4,6-11,14H2,1H3,(H,25,26)/b5-3-/t15-,16-,18?/m1/s1. The Kier molecular flexibility index (Phi) is 9.70. The van der Waals surface area contributed by atoms with Gasteiger partial charge < -0.3 is 10.2 Å². The Labute approximate surface area is 154 Å². The van der Waals surface area contributed by atoms with Crippen molar-refractivity contribution in [2.45, 2.75) is 76.7 Å². The predicted octanol–water partition coefficient (Wildman–Crippen LogP) is 4.53. The molecule has 0 fully saturated rings. The summed E-state index contributed by atoms with van der Waals surface area (Å²) in [6.07, 6.45) is 8.54. The highest BCUT2D eigenvalue weighted by molar-refractivity contribution is 5.94. The van der Waals surface area contributed by atoms with E-state index in [2.05, 4.69) is 0 Å². The Morgan fingerprint density at radius 3 is 2.73 bits per heavy atom. The minimum atomic E-state index is -3.05. The van der Waals surface area contributed by atoms with Crippen LogP contribution in [0.25, 0.3) is 0 Å². The summed E-state index contributed by atoms with van der Waals surface area (Å²) in [5, 5.41) is 18.2. The molecule has 4 nitrogen and oxygen atoms in total. The molecule has 0 bridgehead atoms. The van der Waals surface area contributed by atoms with Gasteiger partial charge in [-0.15, -0.1) is 0 Å². The Morgan fingerprint density at radius 2 is 2.08 bits per heavy atom. The second-order valence-electron chi connectivity index (χ2n) is 6.98. The minimum absolute atomic E-state index is 0.0122. The molecule has 0 amide bonds. The average Bonchev–Trinajstić information content (AvgIpc) is 2.90. The van der Waals surface area contributed by atoms with Gasteiger partial charge in [0.25, 0.3) is 5.92 Å². The number of alkyl halides is 2. The number of carboxylic acids is 1. The number of carbonyl (C=O) groups excluding carboxylic acids is 1. The van der Waals surface area contributed by atoms with Gasteiger partial charge in [0.15, 0.2) is 5.78 Å². The number of hydrogen-bond acceptors (Lipinski definition) is 3. The van der Waals surface area contributed by atoms with Crippen LogP contribution in [0, 0.1) is 11.8 Å². The Hall–Kier alpha value is -1.56. The summed E-state index contributed by atoms with van der Waals surface area (Å²) in [5.74, 6) is -3.99. The van der Waals surface area contributed by atoms with Gasteiger partial charge in [0, 0.05) is 18.8 Å². The number of rotatable bonds is 13. The largest absolute Gasteiger partial charge is 0.481 e.